The summed E-state index contributed by atoms with van der Waals surface area (Å²) in [4.78, 5) is 27.7. The minimum atomic E-state index is -0.483. The van der Waals surface area contributed by atoms with Gasteiger partial charge in [0.05, 0.1) is 26.0 Å². The number of carbonyl (C=O) groups excluding carboxylic acids is 2. The number of hydrogen-bond donors (Lipinski definition) is 2. The van der Waals surface area contributed by atoms with Crippen molar-refractivity contribution in [3.8, 4) is 11.5 Å². The van der Waals surface area contributed by atoms with Crippen molar-refractivity contribution in [3.05, 3.63) is 40.2 Å². The maximum absolute atomic E-state index is 12.9. The maximum Gasteiger partial charge on any atom is 0.201 e. The summed E-state index contributed by atoms with van der Waals surface area (Å²) < 4.78 is 10.6. The number of aromatic nitrogens is 1. The molecule has 1 aromatic carbocycles. The molecule has 0 saturated heterocycles. The molecule has 0 bridgehead atoms. The summed E-state index contributed by atoms with van der Waals surface area (Å²) in [6.07, 6.45) is 0. The summed E-state index contributed by atoms with van der Waals surface area (Å²) in [6, 6.07) is 3.19. The van der Waals surface area contributed by atoms with E-state index in [2.05, 4.69) is 10.3 Å². The Labute approximate surface area is 153 Å². The first-order valence-corrected chi connectivity index (χ1v) is 8.44. The maximum atomic E-state index is 12.9. The highest BCUT2D eigenvalue weighted by Gasteiger charge is 2.24. The summed E-state index contributed by atoms with van der Waals surface area (Å²) in [6.45, 7) is 8.83. The quantitative estimate of drug-likeness (QED) is 0.735. The number of Topliss-reactive ketones (excluding diaryl/α,β-unsaturated/α-hetero) is 2. The Kier molecular flexibility index (Phi) is 5.75. The van der Waals surface area contributed by atoms with E-state index in [1.54, 1.807) is 35.0 Å². The van der Waals surface area contributed by atoms with Crippen molar-refractivity contribution in [2.45, 2.75) is 40.7 Å². The van der Waals surface area contributed by atoms with E-state index >= 15 is 0 Å². The molecule has 2 rings (SSSR count). The number of nitrogens with one attached hydrogen (secondary N) is 2. The van der Waals surface area contributed by atoms with Gasteiger partial charge in [0, 0.05) is 23.0 Å². The molecule has 0 amide bonds. The van der Waals surface area contributed by atoms with Crippen molar-refractivity contribution < 1.29 is 19.1 Å². The van der Waals surface area contributed by atoms with Gasteiger partial charge in [0.25, 0.3) is 0 Å². The Morgan fingerprint density at radius 2 is 1.65 bits per heavy atom. The number of ether oxygens (including phenoxy) is 2. The number of aryl methyl sites for hydroxylation is 2. The summed E-state index contributed by atoms with van der Waals surface area (Å²) in [5.74, 6) is 1.07. The largest absolute Gasteiger partial charge is 0.493 e. The second kappa shape index (κ2) is 7.64. The van der Waals surface area contributed by atoms with Crippen molar-refractivity contribution in [2.24, 2.45) is 0 Å². The van der Waals surface area contributed by atoms with Crippen LogP contribution in [-0.4, -0.2) is 36.8 Å². The molecule has 0 aliphatic heterocycles. The number of ketones is 2. The molecule has 0 saturated carbocycles. The highest BCUT2D eigenvalue weighted by Crippen LogP contribution is 2.33. The Balaban J connectivity index is 2.31. The molecule has 0 aliphatic rings. The number of anilines is 1. The fourth-order valence-electron chi connectivity index (χ4n) is 3.18. The number of H-pyrrole nitrogens is 1. The van der Waals surface area contributed by atoms with Crippen LogP contribution in [0.4, 0.5) is 5.69 Å². The molecule has 2 aromatic rings. The van der Waals surface area contributed by atoms with E-state index in [0.29, 0.717) is 34.0 Å². The molecular weight excluding hydrogens is 332 g/mol. The van der Waals surface area contributed by atoms with E-state index in [1.807, 2.05) is 19.1 Å². The zero-order valence-electron chi connectivity index (χ0n) is 16.4. The molecule has 1 heterocycles. The van der Waals surface area contributed by atoms with Crippen LogP contribution in [0.5, 0.6) is 11.5 Å². The van der Waals surface area contributed by atoms with Gasteiger partial charge in [-0.3, -0.25) is 9.59 Å². The number of hydrogen-bond acceptors (Lipinski definition) is 5. The van der Waals surface area contributed by atoms with E-state index in [9.17, 15) is 9.59 Å². The van der Waals surface area contributed by atoms with E-state index in [4.69, 9.17) is 9.47 Å². The SMILES string of the molecule is COc1cc(C)c(N[C@H](C)C(=O)c2[nH]c(C)c(C(C)=O)c2C)cc1OC. The lowest BCUT2D eigenvalue weighted by molar-refractivity contribution is 0.0970. The number of methoxy groups -OCH3 is 2. The first kappa shape index (κ1) is 19.6. The van der Waals surface area contributed by atoms with E-state index in [1.165, 1.54) is 6.92 Å². The number of carbonyl (C=O) groups is 2. The van der Waals surface area contributed by atoms with Gasteiger partial charge in [0.2, 0.25) is 5.78 Å². The molecule has 0 aliphatic carbocycles. The predicted molar refractivity (Wildman–Crippen MR) is 102 cm³/mol. The molecule has 0 fully saturated rings. The van der Waals surface area contributed by atoms with E-state index in [0.717, 1.165) is 11.3 Å². The Morgan fingerprint density at radius 3 is 2.15 bits per heavy atom. The van der Waals surface area contributed by atoms with Crippen molar-refractivity contribution >= 4 is 17.3 Å². The van der Waals surface area contributed by atoms with Gasteiger partial charge in [0.1, 0.15) is 0 Å². The standard InChI is InChI=1S/C20H26N2O4/c1-10-8-16(25-6)17(26-7)9-15(10)21-13(4)20(24)19-11(2)18(14(5)23)12(3)22-19/h8-9,13,21-22H,1-7H3/t13-/m1/s1. The number of aromatic amines is 1. The minimum Gasteiger partial charge on any atom is -0.493 e. The Morgan fingerprint density at radius 1 is 1.08 bits per heavy atom. The average Bonchev–Trinajstić information content (AvgIpc) is 2.89. The molecule has 2 N–H and O–H groups in total. The normalized spacial score (nSPS) is 11.8. The third-order valence-corrected chi connectivity index (χ3v) is 4.53. The fraction of sp³-hybridized carbons (Fsp3) is 0.400. The second-order valence-electron chi connectivity index (χ2n) is 6.43. The van der Waals surface area contributed by atoms with Gasteiger partial charge in [-0.2, -0.15) is 0 Å². The molecule has 26 heavy (non-hydrogen) atoms. The first-order valence-electron chi connectivity index (χ1n) is 8.44. The van der Waals surface area contributed by atoms with Crippen molar-refractivity contribution in [1.29, 1.82) is 0 Å². The Hall–Kier alpha value is -2.76. The zero-order chi connectivity index (χ0) is 19.6. The topological polar surface area (TPSA) is 80.4 Å². The molecule has 6 heteroatoms. The lowest BCUT2D eigenvalue weighted by Crippen LogP contribution is -2.27. The van der Waals surface area contributed by atoms with Crippen LogP contribution in [0.25, 0.3) is 0 Å². The third-order valence-electron chi connectivity index (χ3n) is 4.53. The molecule has 0 radical (unpaired) electrons. The summed E-state index contributed by atoms with van der Waals surface area (Å²) >= 11 is 0. The number of benzene rings is 1. The minimum absolute atomic E-state index is 0.0494. The summed E-state index contributed by atoms with van der Waals surface area (Å²) in [5.41, 5.74) is 4.18. The van der Waals surface area contributed by atoms with Crippen LogP contribution in [-0.2, 0) is 0 Å². The van der Waals surface area contributed by atoms with E-state index in [-0.39, 0.29) is 11.6 Å². The second-order valence-corrected chi connectivity index (χ2v) is 6.43. The first-order chi connectivity index (χ1) is 12.2. The molecule has 140 valence electrons. The van der Waals surface area contributed by atoms with Crippen LogP contribution in [0.15, 0.2) is 12.1 Å². The molecule has 1 atom stereocenters. The van der Waals surface area contributed by atoms with Crippen LogP contribution >= 0.6 is 0 Å². The molecule has 1 aromatic heterocycles. The lowest BCUT2D eigenvalue weighted by atomic mass is 10.0. The van der Waals surface area contributed by atoms with Gasteiger partial charge >= 0.3 is 0 Å². The summed E-state index contributed by atoms with van der Waals surface area (Å²) in [7, 11) is 3.15. The van der Waals surface area contributed by atoms with Crippen LogP contribution in [0.2, 0.25) is 0 Å². The smallest absolute Gasteiger partial charge is 0.201 e. The average molecular weight is 358 g/mol. The zero-order valence-corrected chi connectivity index (χ0v) is 16.4. The van der Waals surface area contributed by atoms with Gasteiger partial charge < -0.3 is 19.8 Å². The Bertz CT molecular complexity index is 852. The highest BCUT2D eigenvalue weighted by atomic mass is 16.5. The van der Waals surface area contributed by atoms with Gasteiger partial charge in [-0.15, -0.1) is 0 Å². The van der Waals surface area contributed by atoms with Crippen molar-refractivity contribution in [1.82, 2.24) is 4.98 Å². The monoisotopic (exact) mass is 358 g/mol. The van der Waals surface area contributed by atoms with E-state index < -0.39 is 6.04 Å². The molecular formula is C20H26N2O4. The highest BCUT2D eigenvalue weighted by molar-refractivity contribution is 6.05. The van der Waals surface area contributed by atoms with Crippen LogP contribution in [0.3, 0.4) is 0 Å². The van der Waals surface area contributed by atoms with Crippen molar-refractivity contribution in [3.63, 3.8) is 0 Å². The van der Waals surface area contributed by atoms with Crippen LogP contribution in [0.1, 0.15) is 51.5 Å². The molecule has 0 unspecified atom stereocenters. The van der Waals surface area contributed by atoms with Crippen molar-refractivity contribution in [2.75, 3.05) is 19.5 Å². The molecule has 0 spiro atoms. The predicted octanol–water partition coefficient (Wildman–Crippen LogP) is 3.84. The van der Waals surface area contributed by atoms with Gasteiger partial charge in [0.15, 0.2) is 17.3 Å². The third kappa shape index (κ3) is 3.59. The molecule has 6 nitrogen and oxygen atoms in total. The summed E-state index contributed by atoms with van der Waals surface area (Å²) in [5, 5.41) is 3.23. The number of rotatable bonds is 7. The van der Waals surface area contributed by atoms with Crippen LogP contribution < -0.4 is 14.8 Å². The van der Waals surface area contributed by atoms with Gasteiger partial charge in [-0.25, -0.2) is 0 Å². The van der Waals surface area contributed by atoms with Crippen LogP contribution in [0, 0.1) is 20.8 Å². The van der Waals surface area contributed by atoms with Gasteiger partial charge in [-0.05, 0) is 51.8 Å². The fourth-order valence-corrected chi connectivity index (χ4v) is 3.18. The van der Waals surface area contributed by atoms with Gasteiger partial charge in [-0.1, -0.05) is 0 Å². The lowest BCUT2D eigenvalue weighted by Gasteiger charge is -2.18.